The Kier molecular flexibility index (Phi) is 5.28. The smallest absolute Gasteiger partial charge is 0.240 e. The summed E-state index contributed by atoms with van der Waals surface area (Å²) in [6, 6.07) is 7.62. The van der Waals surface area contributed by atoms with Crippen LogP contribution in [0.1, 0.15) is 55.8 Å². The Bertz CT molecular complexity index is 601. The van der Waals surface area contributed by atoms with E-state index in [4.69, 9.17) is 4.52 Å². The number of benzene rings is 1. The summed E-state index contributed by atoms with van der Waals surface area (Å²) < 4.78 is 5.36. The van der Waals surface area contributed by atoms with Crippen molar-refractivity contribution in [3.05, 3.63) is 41.5 Å². The van der Waals surface area contributed by atoms with Crippen LogP contribution in [0.4, 0.5) is 0 Å². The highest BCUT2D eigenvalue weighted by Gasteiger charge is 2.22. The maximum atomic E-state index is 9.39. The third-order valence-electron chi connectivity index (χ3n) is 4.58. The van der Waals surface area contributed by atoms with Crippen LogP contribution in [-0.4, -0.2) is 33.2 Å². The molecule has 0 amide bonds. The molecule has 23 heavy (non-hydrogen) atoms. The molecule has 1 aliphatic heterocycles. The van der Waals surface area contributed by atoms with E-state index in [1.807, 2.05) is 12.1 Å². The van der Waals surface area contributed by atoms with Crippen LogP contribution in [0.15, 0.2) is 28.8 Å². The summed E-state index contributed by atoms with van der Waals surface area (Å²) >= 11 is 0. The molecule has 5 heteroatoms. The van der Waals surface area contributed by atoms with Crippen molar-refractivity contribution in [2.45, 2.75) is 51.5 Å². The zero-order valence-electron chi connectivity index (χ0n) is 13.7. The Morgan fingerprint density at radius 1 is 1.22 bits per heavy atom. The Morgan fingerprint density at radius 2 is 1.96 bits per heavy atom. The molecule has 1 aromatic carbocycles. The van der Waals surface area contributed by atoms with E-state index in [0.29, 0.717) is 11.7 Å². The van der Waals surface area contributed by atoms with Crippen LogP contribution in [0.5, 0.6) is 5.75 Å². The van der Waals surface area contributed by atoms with Crippen LogP contribution in [-0.2, 0) is 13.0 Å². The number of unbranched alkanes of at least 4 members (excludes halogenated alkanes) is 1. The summed E-state index contributed by atoms with van der Waals surface area (Å²) in [6.07, 6.45) is 5.41. The standard InChI is InChI=1S/C18H25N3O2/c1-2-3-4-17-19-18(23-20-17)13-21-11-9-15(10-12-21)14-5-7-16(22)8-6-14/h5-8,15,22H,2-4,9-13H2,1H3. The molecule has 1 fully saturated rings. The van der Waals surface area contributed by atoms with Crippen LogP contribution in [0.2, 0.25) is 0 Å². The molecule has 0 aliphatic carbocycles. The Morgan fingerprint density at radius 3 is 2.65 bits per heavy atom. The lowest BCUT2D eigenvalue weighted by Gasteiger charge is -2.31. The van der Waals surface area contributed by atoms with Gasteiger partial charge in [0.15, 0.2) is 5.82 Å². The van der Waals surface area contributed by atoms with E-state index in [-0.39, 0.29) is 0 Å². The molecule has 1 saturated heterocycles. The molecule has 1 N–H and O–H groups in total. The largest absolute Gasteiger partial charge is 0.508 e. The van der Waals surface area contributed by atoms with Gasteiger partial charge < -0.3 is 9.63 Å². The van der Waals surface area contributed by atoms with E-state index >= 15 is 0 Å². The summed E-state index contributed by atoms with van der Waals surface area (Å²) in [4.78, 5) is 6.86. The van der Waals surface area contributed by atoms with E-state index < -0.39 is 0 Å². The maximum Gasteiger partial charge on any atom is 0.240 e. The lowest BCUT2D eigenvalue weighted by molar-refractivity contribution is 0.181. The molecule has 124 valence electrons. The molecule has 2 aromatic rings. The number of nitrogens with zero attached hydrogens (tertiary/aromatic N) is 3. The van der Waals surface area contributed by atoms with Crippen LogP contribution >= 0.6 is 0 Å². The number of piperidine rings is 1. The average Bonchev–Trinajstić information content (AvgIpc) is 3.02. The third-order valence-corrected chi connectivity index (χ3v) is 4.58. The minimum Gasteiger partial charge on any atom is -0.508 e. The van der Waals surface area contributed by atoms with Gasteiger partial charge in [-0.15, -0.1) is 0 Å². The fourth-order valence-electron chi connectivity index (χ4n) is 3.15. The number of rotatable bonds is 6. The molecule has 3 rings (SSSR count). The second kappa shape index (κ2) is 7.59. The maximum absolute atomic E-state index is 9.39. The second-order valence-electron chi connectivity index (χ2n) is 6.35. The number of aromatic nitrogens is 2. The zero-order chi connectivity index (χ0) is 16.1. The van der Waals surface area contributed by atoms with Gasteiger partial charge in [-0.3, -0.25) is 4.90 Å². The normalized spacial score (nSPS) is 16.7. The van der Waals surface area contributed by atoms with Crippen molar-refractivity contribution in [3.63, 3.8) is 0 Å². The lowest BCUT2D eigenvalue weighted by atomic mass is 9.89. The predicted octanol–water partition coefficient (Wildman–Crippen LogP) is 3.50. The van der Waals surface area contributed by atoms with E-state index in [2.05, 4.69) is 22.0 Å². The van der Waals surface area contributed by atoms with Crippen molar-refractivity contribution >= 4 is 0 Å². The molecule has 0 saturated carbocycles. The molecule has 0 bridgehead atoms. The van der Waals surface area contributed by atoms with E-state index in [1.54, 1.807) is 12.1 Å². The second-order valence-corrected chi connectivity index (χ2v) is 6.35. The highest BCUT2D eigenvalue weighted by molar-refractivity contribution is 5.28. The van der Waals surface area contributed by atoms with Crippen molar-refractivity contribution in [2.24, 2.45) is 0 Å². The first kappa shape index (κ1) is 16.0. The topological polar surface area (TPSA) is 62.4 Å². The number of likely N-dealkylation sites (tertiary alicyclic amines) is 1. The van der Waals surface area contributed by atoms with Crippen molar-refractivity contribution in [1.82, 2.24) is 15.0 Å². The predicted molar refractivity (Wildman–Crippen MR) is 88.3 cm³/mol. The summed E-state index contributed by atoms with van der Waals surface area (Å²) in [7, 11) is 0. The zero-order valence-corrected chi connectivity index (χ0v) is 13.7. The summed E-state index contributed by atoms with van der Waals surface area (Å²) in [5.41, 5.74) is 1.32. The quantitative estimate of drug-likeness (QED) is 0.884. The van der Waals surface area contributed by atoms with Crippen molar-refractivity contribution < 1.29 is 9.63 Å². The van der Waals surface area contributed by atoms with E-state index in [9.17, 15) is 5.11 Å². The van der Waals surface area contributed by atoms with Gasteiger partial charge in [-0.05, 0) is 56.0 Å². The molecule has 5 nitrogen and oxygen atoms in total. The van der Waals surface area contributed by atoms with Crippen LogP contribution < -0.4 is 0 Å². The van der Waals surface area contributed by atoms with Crippen molar-refractivity contribution in [3.8, 4) is 5.75 Å². The molecule has 0 spiro atoms. The van der Waals surface area contributed by atoms with Crippen molar-refractivity contribution in [1.29, 1.82) is 0 Å². The molecular formula is C18H25N3O2. The van der Waals surface area contributed by atoms with Gasteiger partial charge in [0.2, 0.25) is 5.89 Å². The van der Waals surface area contributed by atoms with Crippen LogP contribution in [0, 0.1) is 0 Å². The number of phenols is 1. The fourth-order valence-corrected chi connectivity index (χ4v) is 3.15. The lowest BCUT2D eigenvalue weighted by Crippen LogP contribution is -2.32. The minimum absolute atomic E-state index is 0.335. The number of hydrogen-bond donors (Lipinski definition) is 1. The van der Waals surface area contributed by atoms with Gasteiger partial charge in [0, 0.05) is 6.42 Å². The fraction of sp³-hybridized carbons (Fsp3) is 0.556. The van der Waals surface area contributed by atoms with E-state index in [0.717, 1.165) is 63.5 Å². The van der Waals surface area contributed by atoms with Crippen LogP contribution in [0.25, 0.3) is 0 Å². The first-order chi connectivity index (χ1) is 11.2. The van der Waals surface area contributed by atoms with Gasteiger partial charge in [-0.25, -0.2) is 0 Å². The molecule has 0 radical (unpaired) electrons. The van der Waals surface area contributed by atoms with Gasteiger partial charge in [-0.1, -0.05) is 30.6 Å². The van der Waals surface area contributed by atoms with Gasteiger partial charge in [0.05, 0.1) is 6.54 Å². The molecule has 1 aliphatic rings. The average molecular weight is 315 g/mol. The summed E-state index contributed by atoms with van der Waals surface area (Å²) in [6.45, 7) is 5.00. The van der Waals surface area contributed by atoms with Gasteiger partial charge in [0.1, 0.15) is 5.75 Å². The number of aromatic hydroxyl groups is 1. The van der Waals surface area contributed by atoms with Gasteiger partial charge in [-0.2, -0.15) is 4.98 Å². The highest BCUT2D eigenvalue weighted by atomic mass is 16.5. The first-order valence-electron chi connectivity index (χ1n) is 8.57. The van der Waals surface area contributed by atoms with Crippen molar-refractivity contribution in [2.75, 3.05) is 13.1 Å². The molecule has 1 aromatic heterocycles. The summed E-state index contributed by atoms with van der Waals surface area (Å²) in [5, 5.41) is 13.4. The number of hydrogen-bond acceptors (Lipinski definition) is 5. The Hall–Kier alpha value is -1.88. The SMILES string of the molecule is CCCCc1noc(CN2CCC(c3ccc(O)cc3)CC2)n1. The molecule has 0 unspecified atom stereocenters. The molecule has 0 atom stereocenters. The highest BCUT2D eigenvalue weighted by Crippen LogP contribution is 2.29. The Labute approximate surface area is 137 Å². The molecular weight excluding hydrogens is 290 g/mol. The Balaban J connectivity index is 1.49. The number of phenolic OH excluding ortho intramolecular Hbond substituents is 1. The first-order valence-corrected chi connectivity index (χ1v) is 8.57. The van der Waals surface area contributed by atoms with E-state index in [1.165, 1.54) is 5.56 Å². The van der Waals surface area contributed by atoms with Gasteiger partial charge in [0.25, 0.3) is 0 Å². The molecule has 2 heterocycles. The van der Waals surface area contributed by atoms with Crippen LogP contribution in [0.3, 0.4) is 0 Å². The monoisotopic (exact) mass is 315 g/mol. The number of aryl methyl sites for hydroxylation is 1. The third kappa shape index (κ3) is 4.32. The summed E-state index contributed by atoms with van der Waals surface area (Å²) in [5.74, 6) is 2.48. The van der Waals surface area contributed by atoms with Gasteiger partial charge >= 0.3 is 0 Å². The minimum atomic E-state index is 0.335.